The number of nitrogens with one attached hydrogen (secondary N) is 1. The van der Waals surface area contributed by atoms with Crippen LogP contribution in [-0.2, 0) is 12.8 Å². The normalized spacial score (nSPS) is 13.6. The summed E-state index contributed by atoms with van der Waals surface area (Å²) >= 11 is 5.17. The number of benzene rings is 1. The third-order valence-corrected chi connectivity index (χ3v) is 3.82. The molecule has 0 bridgehead atoms. The minimum atomic E-state index is 0.393. The van der Waals surface area contributed by atoms with E-state index in [0.29, 0.717) is 4.99 Å². The van der Waals surface area contributed by atoms with E-state index in [0.717, 1.165) is 29.9 Å². The number of nitrogens with two attached hydrogens (primary N) is 1. The quantitative estimate of drug-likeness (QED) is 0.848. The van der Waals surface area contributed by atoms with Crippen molar-refractivity contribution in [3.05, 3.63) is 53.2 Å². The van der Waals surface area contributed by atoms with Gasteiger partial charge in [-0.15, -0.1) is 0 Å². The van der Waals surface area contributed by atoms with Crippen LogP contribution in [0.5, 0.6) is 0 Å². The number of aromatic nitrogens is 1. The van der Waals surface area contributed by atoms with Gasteiger partial charge in [-0.2, -0.15) is 0 Å². The molecule has 0 amide bonds. The molecule has 0 radical (unpaired) electrons. The highest BCUT2D eigenvalue weighted by atomic mass is 32.1. The van der Waals surface area contributed by atoms with Gasteiger partial charge in [0.1, 0.15) is 10.8 Å². The number of thiocarbonyl (C=S) groups is 1. The van der Waals surface area contributed by atoms with Crippen LogP contribution in [0.2, 0.25) is 0 Å². The van der Waals surface area contributed by atoms with Crippen molar-refractivity contribution in [3.8, 4) is 0 Å². The van der Waals surface area contributed by atoms with E-state index in [1.165, 1.54) is 24.1 Å². The maximum atomic E-state index is 5.85. The summed E-state index contributed by atoms with van der Waals surface area (Å²) in [6.07, 6.45) is 4.54. The maximum absolute atomic E-state index is 5.85. The van der Waals surface area contributed by atoms with Crippen molar-refractivity contribution in [1.82, 2.24) is 4.98 Å². The smallest absolute Gasteiger partial charge is 0.140 e. The van der Waals surface area contributed by atoms with Crippen molar-refractivity contribution in [2.45, 2.75) is 25.7 Å². The van der Waals surface area contributed by atoms with E-state index in [4.69, 9.17) is 22.9 Å². The minimum absolute atomic E-state index is 0.393. The van der Waals surface area contributed by atoms with Crippen molar-refractivity contribution in [1.29, 1.82) is 0 Å². The van der Waals surface area contributed by atoms with Gasteiger partial charge in [0.05, 0.1) is 5.56 Å². The Bertz CT molecular complexity index is 638. The molecule has 102 valence electrons. The Hall–Kier alpha value is -1.94. The molecule has 0 saturated heterocycles. The Labute approximate surface area is 124 Å². The molecule has 0 fully saturated rings. The lowest BCUT2D eigenvalue weighted by Gasteiger charge is -2.19. The van der Waals surface area contributed by atoms with Gasteiger partial charge in [-0.1, -0.05) is 30.4 Å². The zero-order valence-corrected chi connectivity index (χ0v) is 12.0. The number of para-hydroxylation sites is 1. The first-order chi connectivity index (χ1) is 9.74. The summed E-state index contributed by atoms with van der Waals surface area (Å²) < 4.78 is 0. The molecule has 2 aromatic rings. The molecule has 1 aliphatic rings. The van der Waals surface area contributed by atoms with E-state index >= 15 is 0 Å². The lowest BCUT2D eigenvalue weighted by Crippen LogP contribution is -2.16. The molecule has 20 heavy (non-hydrogen) atoms. The molecular weight excluding hydrogens is 266 g/mol. The maximum Gasteiger partial charge on any atom is 0.140 e. The van der Waals surface area contributed by atoms with E-state index in [9.17, 15) is 0 Å². The van der Waals surface area contributed by atoms with Crippen LogP contribution in [0.3, 0.4) is 0 Å². The van der Waals surface area contributed by atoms with Gasteiger partial charge in [-0.3, -0.25) is 0 Å². The van der Waals surface area contributed by atoms with Crippen LogP contribution in [0.1, 0.15) is 29.7 Å². The number of hydrogen-bond donors (Lipinski definition) is 2. The molecule has 1 aromatic heterocycles. The first kappa shape index (κ1) is 13.1. The summed E-state index contributed by atoms with van der Waals surface area (Å²) in [4.78, 5) is 5.14. The van der Waals surface area contributed by atoms with Crippen molar-refractivity contribution < 1.29 is 0 Å². The second-order valence-electron chi connectivity index (χ2n) is 5.05. The van der Waals surface area contributed by atoms with E-state index in [-0.39, 0.29) is 0 Å². The van der Waals surface area contributed by atoms with Gasteiger partial charge in [-0.25, -0.2) is 4.98 Å². The van der Waals surface area contributed by atoms with Crippen molar-refractivity contribution in [2.75, 3.05) is 5.32 Å². The predicted octanol–water partition coefficient (Wildman–Crippen LogP) is 3.34. The molecule has 1 aromatic carbocycles. The fraction of sp³-hybridized carbons (Fsp3) is 0.250. The first-order valence-corrected chi connectivity index (χ1v) is 7.29. The molecule has 4 heteroatoms. The zero-order chi connectivity index (χ0) is 13.9. The molecule has 0 saturated carbocycles. The van der Waals surface area contributed by atoms with Gasteiger partial charge in [-0.05, 0) is 49.4 Å². The molecule has 0 unspecified atom stereocenters. The SMILES string of the molecule is NC(=S)c1cc2c(nc1Nc1ccccc1)CCCC2. The summed E-state index contributed by atoms with van der Waals surface area (Å²) in [5.74, 6) is 0.768. The number of aryl methyl sites for hydroxylation is 2. The Morgan fingerprint density at radius 3 is 2.65 bits per heavy atom. The highest BCUT2D eigenvalue weighted by Gasteiger charge is 2.16. The molecule has 3 rings (SSSR count). The highest BCUT2D eigenvalue weighted by molar-refractivity contribution is 7.80. The van der Waals surface area contributed by atoms with Gasteiger partial charge in [0.15, 0.2) is 0 Å². The fourth-order valence-electron chi connectivity index (χ4n) is 2.58. The van der Waals surface area contributed by atoms with Gasteiger partial charge < -0.3 is 11.1 Å². The Morgan fingerprint density at radius 1 is 1.15 bits per heavy atom. The number of anilines is 2. The standard InChI is InChI=1S/C16H17N3S/c17-15(20)13-10-11-6-4-5-9-14(11)19-16(13)18-12-7-2-1-3-8-12/h1-3,7-8,10H,4-6,9H2,(H2,17,20)(H,18,19). The monoisotopic (exact) mass is 283 g/mol. The van der Waals surface area contributed by atoms with E-state index in [1.807, 2.05) is 30.3 Å². The number of nitrogens with zero attached hydrogens (tertiary/aromatic N) is 1. The second-order valence-corrected chi connectivity index (χ2v) is 5.49. The number of rotatable bonds is 3. The lowest BCUT2D eigenvalue weighted by molar-refractivity contribution is 0.668. The third kappa shape index (κ3) is 2.65. The Kier molecular flexibility index (Phi) is 3.65. The lowest BCUT2D eigenvalue weighted by atomic mass is 9.94. The third-order valence-electron chi connectivity index (χ3n) is 3.60. The molecule has 1 heterocycles. The van der Waals surface area contributed by atoms with Crippen LogP contribution in [0.25, 0.3) is 0 Å². The van der Waals surface area contributed by atoms with Crippen LogP contribution in [0.15, 0.2) is 36.4 Å². The van der Waals surface area contributed by atoms with Gasteiger partial charge in [0, 0.05) is 11.4 Å². The van der Waals surface area contributed by atoms with Crippen LogP contribution in [0, 0.1) is 0 Å². The van der Waals surface area contributed by atoms with Gasteiger partial charge in [0.2, 0.25) is 0 Å². The molecule has 3 N–H and O–H groups in total. The fourth-order valence-corrected chi connectivity index (χ4v) is 2.73. The van der Waals surface area contributed by atoms with Crippen LogP contribution in [-0.4, -0.2) is 9.97 Å². The van der Waals surface area contributed by atoms with Crippen molar-refractivity contribution >= 4 is 28.7 Å². The predicted molar refractivity (Wildman–Crippen MR) is 86.5 cm³/mol. The van der Waals surface area contributed by atoms with Gasteiger partial charge in [0.25, 0.3) is 0 Å². The summed E-state index contributed by atoms with van der Waals surface area (Å²) in [7, 11) is 0. The van der Waals surface area contributed by atoms with Crippen LogP contribution >= 0.6 is 12.2 Å². The van der Waals surface area contributed by atoms with E-state index in [1.54, 1.807) is 0 Å². The molecule has 0 spiro atoms. The van der Waals surface area contributed by atoms with E-state index < -0.39 is 0 Å². The molecule has 0 aliphatic heterocycles. The van der Waals surface area contributed by atoms with Crippen molar-refractivity contribution in [2.24, 2.45) is 5.73 Å². The Balaban J connectivity index is 2.02. The minimum Gasteiger partial charge on any atom is -0.389 e. The average Bonchev–Trinajstić information content (AvgIpc) is 2.47. The van der Waals surface area contributed by atoms with Gasteiger partial charge >= 0.3 is 0 Å². The van der Waals surface area contributed by atoms with E-state index in [2.05, 4.69) is 11.4 Å². The van der Waals surface area contributed by atoms with Crippen LogP contribution in [0.4, 0.5) is 11.5 Å². The Morgan fingerprint density at radius 2 is 1.90 bits per heavy atom. The van der Waals surface area contributed by atoms with Crippen LogP contribution < -0.4 is 11.1 Å². The summed E-state index contributed by atoms with van der Waals surface area (Å²) in [5, 5.41) is 3.33. The summed E-state index contributed by atoms with van der Waals surface area (Å²) in [5.41, 5.74) is 10.1. The number of pyridine rings is 1. The molecular formula is C16H17N3S. The number of fused-ring (bicyclic) bond motifs is 1. The average molecular weight is 283 g/mol. The zero-order valence-electron chi connectivity index (χ0n) is 11.2. The summed E-state index contributed by atoms with van der Waals surface area (Å²) in [6.45, 7) is 0. The highest BCUT2D eigenvalue weighted by Crippen LogP contribution is 2.26. The number of hydrogen-bond acceptors (Lipinski definition) is 3. The molecule has 1 aliphatic carbocycles. The molecule has 0 atom stereocenters. The topological polar surface area (TPSA) is 50.9 Å². The first-order valence-electron chi connectivity index (χ1n) is 6.89. The largest absolute Gasteiger partial charge is 0.389 e. The summed E-state index contributed by atoms with van der Waals surface area (Å²) in [6, 6.07) is 12.1. The van der Waals surface area contributed by atoms with Crippen molar-refractivity contribution in [3.63, 3.8) is 0 Å². The second kappa shape index (κ2) is 5.59. The molecule has 3 nitrogen and oxygen atoms in total.